The fourth-order valence-corrected chi connectivity index (χ4v) is 2.40. The van der Waals surface area contributed by atoms with Gasteiger partial charge in [0.25, 0.3) is 0 Å². The Morgan fingerprint density at radius 2 is 1.62 bits per heavy atom. The molecule has 0 radical (unpaired) electrons. The number of hydrogen-bond donors (Lipinski definition) is 1. The molecule has 0 heterocycles. The van der Waals surface area contributed by atoms with Crippen molar-refractivity contribution in [3.05, 3.63) is 65.7 Å². The summed E-state index contributed by atoms with van der Waals surface area (Å²) in [6.45, 7) is 5.71. The first kappa shape index (κ1) is 15.6. The van der Waals surface area contributed by atoms with Crippen molar-refractivity contribution < 1.29 is 4.74 Å². The maximum absolute atomic E-state index is 5.98. The Balaban J connectivity index is 2.14. The lowest BCUT2D eigenvalue weighted by molar-refractivity contribution is 0.268. The van der Waals surface area contributed by atoms with E-state index >= 15 is 0 Å². The largest absolute Gasteiger partial charge is 0.493 e. The molecular formula is C19H25NO. The van der Waals surface area contributed by atoms with Crippen LogP contribution < -0.4 is 10.5 Å². The Kier molecular flexibility index (Phi) is 5.82. The van der Waals surface area contributed by atoms with Crippen LogP contribution >= 0.6 is 0 Å². The fraction of sp³-hybridized carbons (Fsp3) is 0.368. The molecule has 0 aromatic heterocycles. The standard InChI is InChI=1S/C19H25NO/c1-15(2)14-21-19-11-7-6-10-17(19)12-18(13-20)16-8-4-3-5-9-16/h3-11,15,18H,12-14,20H2,1-2H3. The van der Waals surface area contributed by atoms with Crippen LogP contribution in [0.2, 0.25) is 0 Å². The van der Waals surface area contributed by atoms with Crippen molar-refractivity contribution in [1.29, 1.82) is 0 Å². The van der Waals surface area contributed by atoms with Crippen LogP contribution in [0.15, 0.2) is 54.6 Å². The van der Waals surface area contributed by atoms with Crippen molar-refractivity contribution >= 4 is 0 Å². The highest BCUT2D eigenvalue weighted by Gasteiger charge is 2.13. The second kappa shape index (κ2) is 7.84. The predicted molar refractivity (Wildman–Crippen MR) is 88.7 cm³/mol. The van der Waals surface area contributed by atoms with Crippen molar-refractivity contribution in [3.8, 4) is 5.75 Å². The van der Waals surface area contributed by atoms with E-state index in [1.807, 2.05) is 12.1 Å². The maximum atomic E-state index is 5.98. The summed E-state index contributed by atoms with van der Waals surface area (Å²) in [6.07, 6.45) is 0.911. The zero-order valence-electron chi connectivity index (χ0n) is 13.0. The third-order valence-electron chi connectivity index (χ3n) is 3.57. The Bertz CT molecular complexity index is 536. The first-order valence-corrected chi connectivity index (χ1v) is 7.66. The summed E-state index contributed by atoms with van der Waals surface area (Å²) in [5, 5.41) is 0. The minimum Gasteiger partial charge on any atom is -0.493 e. The zero-order valence-corrected chi connectivity index (χ0v) is 13.0. The lowest BCUT2D eigenvalue weighted by Crippen LogP contribution is -2.16. The van der Waals surface area contributed by atoms with E-state index in [-0.39, 0.29) is 0 Å². The van der Waals surface area contributed by atoms with Gasteiger partial charge in [0.2, 0.25) is 0 Å². The highest BCUT2D eigenvalue weighted by molar-refractivity contribution is 5.35. The first-order chi connectivity index (χ1) is 10.2. The van der Waals surface area contributed by atoms with Crippen LogP contribution in [0.3, 0.4) is 0 Å². The number of rotatable bonds is 7. The summed E-state index contributed by atoms with van der Waals surface area (Å²) >= 11 is 0. The van der Waals surface area contributed by atoms with E-state index in [1.54, 1.807) is 0 Å². The smallest absolute Gasteiger partial charge is 0.122 e. The van der Waals surface area contributed by atoms with Crippen molar-refractivity contribution in [3.63, 3.8) is 0 Å². The van der Waals surface area contributed by atoms with Crippen LogP contribution in [0.1, 0.15) is 30.9 Å². The maximum Gasteiger partial charge on any atom is 0.122 e. The average Bonchev–Trinajstić information content (AvgIpc) is 2.52. The van der Waals surface area contributed by atoms with Gasteiger partial charge in [0, 0.05) is 5.92 Å². The van der Waals surface area contributed by atoms with Gasteiger partial charge < -0.3 is 10.5 Å². The van der Waals surface area contributed by atoms with E-state index in [0.29, 0.717) is 18.4 Å². The van der Waals surface area contributed by atoms with E-state index in [9.17, 15) is 0 Å². The van der Waals surface area contributed by atoms with Crippen molar-refractivity contribution in [2.75, 3.05) is 13.2 Å². The second-order valence-electron chi connectivity index (χ2n) is 5.86. The molecule has 0 amide bonds. The predicted octanol–water partition coefficient (Wildman–Crippen LogP) is 4.01. The molecule has 0 fully saturated rings. The Hall–Kier alpha value is -1.80. The highest BCUT2D eigenvalue weighted by Crippen LogP contribution is 2.26. The highest BCUT2D eigenvalue weighted by atomic mass is 16.5. The average molecular weight is 283 g/mol. The number of benzene rings is 2. The van der Waals surface area contributed by atoms with Gasteiger partial charge in [-0.15, -0.1) is 0 Å². The molecule has 1 atom stereocenters. The topological polar surface area (TPSA) is 35.2 Å². The van der Waals surface area contributed by atoms with Crippen LogP contribution in [0.4, 0.5) is 0 Å². The van der Waals surface area contributed by atoms with E-state index in [4.69, 9.17) is 10.5 Å². The molecule has 0 aliphatic heterocycles. The Labute approximate surface area is 127 Å². The molecule has 0 saturated heterocycles. The van der Waals surface area contributed by atoms with E-state index in [0.717, 1.165) is 18.8 Å². The molecule has 2 heteroatoms. The minimum absolute atomic E-state index is 0.329. The number of hydrogen-bond acceptors (Lipinski definition) is 2. The van der Waals surface area contributed by atoms with Crippen LogP contribution in [0.25, 0.3) is 0 Å². The number of ether oxygens (including phenoxy) is 1. The van der Waals surface area contributed by atoms with Gasteiger partial charge in [0.15, 0.2) is 0 Å². The molecule has 2 nitrogen and oxygen atoms in total. The first-order valence-electron chi connectivity index (χ1n) is 7.66. The zero-order chi connectivity index (χ0) is 15.1. The SMILES string of the molecule is CC(C)COc1ccccc1CC(CN)c1ccccc1. The molecule has 2 aromatic carbocycles. The van der Waals surface area contributed by atoms with Crippen LogP contribution in [-0.2, 0) is 6.42 Å². The van der Waals surface area contributed by atoms with E-state index in [2.05, 4.69) is 56.3 Å². The van der Waals surface area contributed by atoms with E-state index in [1.165, 1.54) is 11.1 Å². The van der Waals surface area contributed by atoms with Gasteiger partial charge in [-0.25, -0.2) is 0 Å². The van der Waals surface area contributed by atoms with Gasteiger partial charge in [-0.3, -0.25) is 0 Å². The summed E-state index contributed by atoms with van der Waals surface area (Å²) in [5.74, 6) is 1.84. The quantitative estimate of drug-likeness (QED) is 0.833. The van der Waals surface area contributed by atoms with Crippen LogP contribution in [0.5, 0.6) is 5.75 Å². The molecule has 1 unspecified atom stereocenters. The number of para-hydroxylation sites is 1. The van der Waals surface area contributed by atoms with Gasteiger partial charge in [0.05, 0.1) is 6.61 Å². The summed E-state index contributed by atoms with van der Waals surface area (Å²) in [7, 11) is 0. The van der Waals surface area contributed by atoms with E-state index < -0.39 is 0 Å². The molecule has 0 saturated carbocycles. The lowest BCUT2D eigenvalue weighted by Gasteiger charge is -2.18. The van der Waals surface area contributed by atoms with Gasteiger partial charge in [-0.2, -0.15) is 0 Å². The van der Waals surface area contributed by atoms with Crippen LogP contribution in [0, 0.1) is 5.92 Å². The van der Waals surface area contributed by atoms with Gasteiger partial charge in [-0.05, 0) is 36.1 Å². The van der Waals surface area contributed by atoms with Crippen LogP contribution in [-0.4, -0.2) is 13.2 Å². The second-order valence-corrected chi connectivity index (χ2v) is 5.86. The molecule has 2 rings (SSSR count). The fourth-order valence-electron chi connectivity index (χ4n) is 2.40. The molecular weight excluding hydrogens is 258 g/mol. The Morgan fingerprint density at radius 1 is 0.952 bits per heavy atom. The van der Waals surface area contributed by atoms with Crippen molar-refractivity contribution in [2.24, 2.45) is 11.7 Å². The van der Waals surface area contributed by atoms with Crippen molar-refractivity contribution in [1.82, 2.24) is 0 Å². The molecule has 0 aliphatic carbocycles. The summed E-state index contributed by atoms with van der Waals surface area (Å²) < 4.78 is 5.94. The van der Waals surface area contributed by atoms with Gasteiger partial charge >= 0.3 is 0 Å². The normalized spacial score (nSPS) is 12.4. The van der Waals surface area contributed by atoms with Gasteiger partial charge in [-0.1, -0.05) is 62.4 Å². The lowest BCUT2D eigenvalue weighted by atomic mass is 9.92. The minimum atomic E-state index is 0.329. The molecule has 21 heavy (non-hydrogen) atoms. The molecule has 112 valence electrons. The molecule has 2 N–H and O–H groups in total. The molecule has 0 spiro atoms. The van der Waals surface area contributed by atoms with Gasteiger partial charge in [0.1, 0.15) is 5.75 Å². The third kappa shape index (κ3) is 4.61. The summed E-state index contributed by atoms with van der Waals surface area (Å²) in [6, 6.07) is 18.8. The Morgan fingerprint density at radius 3 is 2.29 bits per heavy atom. The summed E-state index contributed by atoms with van der Waals surface area (Å²) in [4.78, 5) is 0. The molecule has 0 bridgehead atoms. The summed E-state index contributed by atoms with van der Waals surface area (Å²) in [5.41, 5.74) is 8.51. The molecule has 2 aromatic rings. The molecule has 0 aliphatic rings. The monoisotopic (exact) mass is 283 g/mol. The third-order valence-corrected chi connectivity index (χ3v) is 3.57. The van der Waals surface area contributed by atoms with Crippen molar-refractivity contribution in [2.45, 2.75) is 26.2 Å². The number of nitrogens with two attached hydrogens (primary N) is 1.